The van der Waals surface area contributed by atoms with Crippen molar-refractivity contribution >= 4 is 5.82 Å². The van der Waals surface area contributed by atoms with E-state index in [1.807, 2.05) is 52.0 Å². The summed E-state index contributed by atoms with van der Waals surface area (Å²) in [6, 6.07) is 7.83. The first-order valence-corrected chi connectivity index (χ1v) is 6.36. The molecule has 1 heterocycles. The van der Waals surface area contributed by atoms with Crippen LogP contribution in [0.3, 0.4) is 0 Å². The van der Waals surface area contributed by atoms with Crippen LogP contribution in [-0.2, 0) is 0 Å². The molecule has 0 aliphatic rings. The largest absolute Gasteiger partial charge is 0.439 e. The highest BCUT2D eigenvalue weighted by Crippen LogP contribution is 2.27. The van der Waals surface area contributed by atoms with Gasteiger partial charge in [-0.05, 0) is 26.0 Å². The summed E-state index contributed by atoms with van der Waals surface area (Å²) in [5.74, 6) is 2.66. The molecule has 0 atom stereocenters. The number of nitrogens with two attached hydrogens (primary N) is 1. The van der Waals surface area contributed by atoms with E-state index in [4.69, 9.17) is 10.5 Å². The molecular formula is C15H19N3O. The summed E-state index contributed by atoms with van der Waals surface area (Å²) in [6.45, 7) is 7.96. The van der Waals surface area contributed by atoms with Crippen molar-refractivity contribution in [3.63, 3.8) is 0 Å². The molecule has 0 spiro atoms. The van der Waals surface area contributed by atoms with Gasteiger partial charge in [-0.2, -0.15) is 4.98 Å². The molecule has 0 saturated heterocycles. The van der Waals surface area contributed by atoms with Crippen molar-refractivity contribution in [3.05, 3.63) is 41.2 Å². The highest BCUT2D eigenvalue weighted by atomic mass is 16.5. The Morgan fingerprint density at radius 1 is 1.05 bits per heavy atom. The molecule has 2 N–H and O–H groups in total. The second-order valence-corrected chi connectivity index (χ2v) is 4.97. The quantitative estimate of drug-likeness (QED) is 0.912. The van der Waals surface area contributed by atoms with E-state index in [0.717, 1.165) is 11.3 Å². The molecule has 0 saturated carbocycles. The third-order valence-corrected chi connectivity index (χ3v) is 2.91. The average Bonchev–Trinajstić information content (AvgIpc) is 2.37. The van der Waals surface area contributed by atoms with Gasteiger partial charge in [-0.25, -0.2) is 4.98 Å². The minimum Gasteiger partial charge on any atom is -0.439 e. The number of rotatable bonds is 3. The van der Waals surface area contributed by atoms with Gasteiger partial charge in [0.1, 0.15) is 17.4 Å². The van der Waals surface area contributed by atoms with Crippen LogP contribution in [0.25, 0.3) is 0 Å². The number of anilines is 1. The number of benzene rings is 1. The fraction of sp³-hybridized carbons (Fsp3) is 0.333. The average molecular weight is 257 g/mol. The monoisotopic (exact) mass is 257 g/mol. The van der Waals surface area contributed by atoms with Crippen LogP contribution in [0.15, 0.2) is 24.3 Å². The van der Waals surface area contributed by atoms with Gasteiger partial charge < -0.3 is 10.5 Å². The van der Waals surface area contributed by atoms with Crippen LogP contribution in [0, 0.1) is 13.8 Å². The zero-order valence-corrected chi connectivity index (χ0v) is 11.8. The first-order chi connectivity index (χ1) is 8.97. The van der Waals surface area contributed by atoms with Crippen LogP contribution < -0.4 is 10.5 Å². The molecule has 0 fully saturated rings. The number of hydrogen-bond acceptors (Lipinski definition) is 4. The highest BCUT2D eigenvalue weighted by molar-refractivity contribution is 5.46. The Bertz CT molecular complexity index is 577. The van der Waals surface area contributed by atoms with Gasteiger partial charge in [-0.3, -0.25) is 0 Å². The molecule has 4 heteroatoms. The fourth-order valence-corrected chi connectivity index (χ4v) is 1.61. The first-order valence-electron chi connectivity index (χ1n) is 6.36. The topological polar surface area (TPSA) is 61.0 Å². The van der Waals surface area contributed by atoms with E-state index in [2.05, 4.69) is 9.97 Å². The molecule has 1 aromatic carbocycles. The zero-order valence-electron chi connectivity index (χ0n) is 11.8. The Morgan fingerprint density at radius 3 is 2.26 bits per heavy atom. The van der Waals surface area contributed by atoms with E-state index in [9.17, 15) is 0 Å². The summed E-state index contributed by atoms with van der Waals surface area (Å²) in [6.07, 6.45) is 0. The van der Waals surface area contributed by atoms with Gasteiger partial charge in [0.25, 0.3) is 0 Å². The van der Waals surface area contributed by atoms with Crippen LogP contribution in [0.4, 0.5) is 5.82 Å². The Balaban J connectivity index is 2.36. The van der Waals surface area contributed by atoms with Crippen LogP contribution in [-0.4, -0.2) is 9.97 Å². The van der Waals surface area contributed by atoms with Gasteiger partial charge in [0.2, 0.25) is 5.88 Å². The lowest BCUT2D eigenvalue weighted by molar-refractivity contribution is 0.453. The Hall–Kier alpha value is -2.10. The lowest BCUT2D eigenvalue weighted by atomic mass is 10.2. The summed E-state index contributed by atoms with van der Waals surface area (Å²) in [4.78, 5) is 8.71. The van der Waals surface area contributed by atoms with Gasteiger partial charge >= 0.3 is 0 Å². The smallest absolute Gasteiger partial charge is 0.227 e. The maximum atomic E-state index is 5.91. The molecule has 1 aromatic heterocycles. The molecule has 0 unspecified atom stereocenters. The lowest BCUT2D eigenvalue weighted by Crippen LogP contribution is -2.06. The summed E-state index contributed by atoms with van der Waals surface area (Å²) < 4.78 is 5.80. The van der Waals surface area contributed by atoms with Gasteiger partial charge in [-0.15, -0.1) is 0 Å². The van der Waals surface area contributed by atoms with Crippen molar-refractivity contribution in [1.82, 2.24) is 9.97 Å². The first kappa shape index (κ1) is 13.3. The fourth-order valence-electron chi connectivity index (χ4n) is 1.61. The number of aryl methyl sites for hydroxylation is 1. The van der Waals surface area contributed by atoms with Crippen molar-refractivity contribution in [2.24, 2.45) is 0 Å². The van der Waals surface area contributed by atoms with Crippen molar-refractivity contribution in [1.29, 1.82) is 0 Å². The minimum atomic E-state index is 0.211. The Labute approximate surface area is 113 Å². The molecule has 0 aliphatic carbocycles. The number of nitrogens with zero attached hydrogens (tertiary/aromatic N) is 2. The molecule has 0 aliphatic heterocycles. The molecule has 0 bridgehead atoms. The van der Waals surface area contributed by atoms with Gasteiger partial charge in [0.05, 0.1) is 5.56 Å². The Morgan fingerprint density at radius 2 is 1.68 bits per heavy atom. The van der Waals surface area contributed by atoms with Crippen LogP contribution >= 0.6 is 0 Å². The highest BCUT2D eigenvalue weighted by Gasteiger charge is 2.12. The van der Waals surface area contributed by atoms with Crippen LogP contribution in [0.2, 0.25) is 0 Å². The third-order valence-electron chi connectivity index (χ3n) is 2.91. The van der Waals surface area contributed by atoms with Crippen molar-refractivity contribution in [2.75, 3.05) is 5.73 Å². The standard InChI is InChI=1S/C15H19N3O/c1-9(2)14-17-13(16)11(4)15(18-14)19-12-7-5-10(3)6-8-12/h5-9H,1-4H3,(H2,16,17,18). The van der Waals surface area contributed by atoms with Crippen molar-refractivity contribution in [3.8, 4) is 11.6 Å². The zero-order chi connectivity index (χ0) is 14.0. The molecule has 2 rings (SSSR count). The van der Waals surface area contributed by atoms with Crippen molar-refractivity contribution < 1.29 is 4.74 Å². The van der Waals surface area contributed by atoms with Crippen LogP contribution in [0.5, 0.6) is 11.6 Å². The van der Waals surface area contributed by atoms with E-state index >= 15 is 0 Å². The van der Waals surface area contributed by atoms with Gasteiger partial charge in [-0.1, -0.05) is 31.5 Å². The van der Waals surface area contributed by atoms with Gasteiger partial charge in [0, 0.05) is 5.92 Å². The van der Waals surface area contributed by atoms with Gasteiger partial charge in [0.15, 0.2) is 0 Å². The Kier molecular flexibility index (Phi) is 3.69. The summed E-state index contributed by atoms with van der Waals surface area (Å²) >= 11 is 0. The molecule has 100 valence electrons. The molecule has 0 amide bonds. The molecule has 0 radical (unpaired) electrons. The van der Waals surface area contributed by atoms with E-state index in [1.165, 1.54) is 5.56 Å². The maximum absolute atomic E-state index is 5.91. The predicted molar refractivity (Wildman–Crippen MR) is 76.5 cm³/mol. The number of hydrogen-bond donors (Lipinski definition) is 1. The molecular weight excluding hydrogens is 238 g/mol. The SMILES string of the molecule is Cc1ccc(Oc2nc(C(C)C)nc(N)c2C)cc1. The molecule has 19 heavy (non-hydrogen) atoms. The minimum absolute atomic E-state index is 0.211. The second-order valence-electron chi connectivity index (χ2n) is 4.97. The predicted octanol–water partition coefficient (Wildman–Crippen LogP) is 3.59. The van der Waals surface area contributed by atoms with E-state index < -0.39 is 0 Å². The number of aromatic nitrogens is 2. The molecule has 4 nitrogen and oxygen atoms in total. The lowest BCUT2D eigenvalue weighted by Gasteiger charge is -2.12. The summed E-state index contributed by atoms with van der Waals surface area (Å²) in [7, 11) is 0. The van der Waals surface area contributed by atoms with E-state index in [-0.39, 0.29) is 5.92 Å². The summed E-state index contributed by atoms with van der Waals surface area (Å²) in [5.41, 5.74) is 7.86. The second kappa shape index (κ2) is 5.26. The third kappa shape index (κ3) is 3.02. The van der Waals surface area contributed by atoms with E-state index in [1.54, 1.807) is 0 Å². The van der Waals surface area contributed by atoms with Crippen molar-refractivity contribution in [2.45, 2.75) is 33.6 Å². The summed E-state index contributed by atoms with van der Waals surface area (Å²) in [5, 5.41) is 0. The maximum Gasteiger partial charge on any atom is 0.227 e. The van der Waals surface area contributed by atoms with E-state index in [0.29, 0.717) is 17.5 Å². The number of ether oxygens (including phenoxy) is 1. The number of nitrogen functional groups attached to an aromatic ring is 1. The normalized spacial score (nSPS) is 10.8. The van der Waals surface area contributed by atoms with Crippen LogP contribution in [0.1, 0.15) is 36.7 Å². The molecule has 2 aromatic rings.